The van der Waals surface area contributed by atoms with Crippen LogP contribution in [0.3, 0.4) is 0 Å². The predicted molar refractivity (Wildman–Crippen MR) is 86.5 cm³/mol. The van der Waals surface area contributed by atoms with Crippen LogP contribution in [-0.2, 0) is 6.42 Å². The molecule has 2 nitrogen and oxygen atoms in total. The normalized spacial score (nSPS) is 10.7. The van der Waals surface area contributed by atoms with Crippen LogP contribution in [0.1, 0.15) is 25.3 Å². The molecule has 1 aromatic rings. The standard InChI is InChI=1S/C10H11I3O2/c1-2-3-4-5-6(11)7(12)8(13)10(15)9(5)14/h14-15H,2-4H2,1H3. The lowest BCUT2D eigenvalue weighted by Crippen LogP contribution is -1.97. The molecule has 0 radical (unpaired) electrons. The van der Waals surface area contributed by atoms with Crippen LogP contribution in [0.2, 0.25) is 0 Å². The van der Waals surface area contributed by atoms with Crippen LogP contribution in [-0.4, -0.2) is 10.2 Å². The molecule has 0 aliphatic heterocycles. The Bertz CT molecular complexity index is 348. The van der Waals surface area contributed by atoms with Crippen molar-refractivity contribution in [2.75, 3.05) is 0 Å². The zero-order valence-corrected chi connectivity index (χ0v) is 14.6. The number of hydrogen-bond acceptors (Lipinski definition) is 2. The third-order valence-electron chi connectivity index (χ3n) is 2.15. The van der Waals surface area contributed by atoms with Crippen molar-refractivity contribution < 1.29 is 10.2 Å². The number of hydrogen-bond donors (Lipinski definition) is 2. The molecule has 2 N–H and O–H groups in total. The molecule has 0 heterocycles. The molecule has 0 unspecified atom stereocenters. The lowest BCUT2D eigenvalue weighted by atomic mass is 10.1. The van der Waals surface area contributed by atoms with Gasteiger partial charge in [-0.1, -0.05) is 13.3 Å². The Morgan fingerprint density at radius 3 is 2.07 bits per heavy atom. The Hall–Kier alpha value is 1.01. The van der Waals surface area contributed by atoms with Crippen molar-refractivity contribution in [2.45, 2.75) is 26.2 Å². The molecule has 0 saturated carbocycles. The fourth-order valence-corrected chi connectivity index (χ4v) is 3.68. The summed E-state index contributed by atoms with van der Waals surface area (Å²) in [5.41, 5.74) is 0.875. The van der Waals surface area contributed by atoms with E-state index in [0.717, 1.165) is 35.5 Å². The SMILES string of the molecule is CCCCc1c(O)c(O)c(I)c(I)c1I. The van der Waals surface area contributed by atoms with Crippen LogP contribution in [0.4, 0.5) is 0 Å². The van der Waals surface area contributed by atoms with E-state index in [1.165, 1.54) is 0 Å². The number of halogens is 3. The van der Waals surface area contributed by atoms with Gasteiger partial charge in [0, 0.05) is 12.7 Å². The Labute approximate surface area is 130 Å². The minimum atomic E-state index is 0.0199. The van der Waals surface area contributed by atoms with E-state index in [1.807, 2.05) is 0 Å². The average molecular weight is 544 g/mol. The van der Waals surface area contributed by atoms with Gasteiger partial charge in [0.25, 0.3) is 0 Å². The summed E-state index contributed by atoms with van der Waals surface area (Å²) in [5, 5.41) is 19.6. The van der Waals surface area contributed by atoms with Crippen molar-refractivity contribution in [2.24, 2.45) is 0 Å². The highest BCUT2D eigenvalue weighted by Crippen LogP contribution is 2.41. The van der Waals surface area contributed by atoms with Crippen LogP contribution in [0.25, 0.3) is 0 Å². The van der Waals surface area contributed by atoms with Gasteiger partial charge in [-0.05, 0) is 80.6 Å². The van der Waals surface area contributed by atoms with Crippen LogP contribution in [0.15, 0.2) is 0 Å². The predicted octanol–water partition coefficient (Wildman–Crippen LogP) is 4.25. The maximum Gasteiger partial charge on any atom is 0.172 e. The second kappa shape index (κ2) is 6.08. The molecule has 1 aromatic carbocycles. The number of unbranched alkanes of at least 4 members (excludes halogenated alkanes) is 1. The van der Waals surface area contributed by atoms with Gasteiger partial charge in [-0.15, -0.1) is 0 Å². The van der Waals surface area contributed by atoms with Crippen molar-refractivity contribution in [1.29, 1.82) is 0 Å². The number of benzene rings is 1. The fraction of sp³-hybridized carbons (Fsp3) is 0.400. The third kappa shape index (κ3) is 3.02. The summed E-state index contributed by atoms with van der Waals surface area (Å²) in [4.78, 5) is 0. The van der Waals surface area contributed by atoms with Gasteiger partial charge in [-0.25, -0.2) is 0 Å². The molecule has 0 spiro atoms. The van der Waals surface area contributed by atoms with Crippen LogP contribution < -0.4 is 0 Å². The molecular formula is C10H11I3O2. The van der Waals surface area contributed by atoms with Gasteiger partial charge in [0.05, 0.1) is 3.57 Å². The monoisotopic (exact) mass is 544 g/mol. The van der Waals surface area contributed by atoms with Gasteiger partial charge in [-0.2, -0.15) is 0 Å². The number of aromatic hydroxyl groups is 2. The molecular weight excluding hydrogens is 533 g/mol. The highest BCUT2D eigenvalue weighted by Gasteiger charge is 2.18. The number of phenolic OH excluding ortho intramolecular Hbond substituents is 2. The van der Waals surface area contributed by atoms with E-state index < -0.39 is 0 Å². The maximum atomic E-state index is 9.85. The maximum absolute atomic E-state index is 9.85. The molecule has 0 aromatic heterocycles. The Balaban J connectivity index is 3.26. The number of phenols is 2. The van der Waals surface area contributed by atoms with E-state index in [4.69, 9.17) is 0 Å². The van der Waals surface area contributed by atoms with Gasteiger partial charge in [0.15, 0.2) is 11.5 Å². The molecule has 0 atom stereocenters. The molecule has 1 rings (SSSR count). The van der Waals surface area contributed by atoms with Gasteiger partial charge >= 0.3 is 0 Å². The first kappa shape index (κ1) is 14.1. The smallest absolute Gasteiger partial charge is 0.172 e. The second-order valence-electron chi connectivity index (χ2n) is 3.22. The molecule has 15 heavy (non-hydrogen) atoms. The lowest BCUT2D eigenvalue weighted by molar-refractivity contribution is 0.395. The zero-order valence-electron chi connectivity index (χ0n) is 8.15. The first-order valence-corrected chi connectivity index (χ1v) is 7.81. The average Bonchev–Trinajstić information content (AvgIpc) is 2.24. The molecule has 84 valence electrons. The van der Waals surface area contributed by atoms with Crippen molar-refractivity contribution in [1.82, 2.24) is 0 Å². The largest absolute Gasteiger partial charge is 0.504 e. The molecule has 0 aliphatic carbocycles. The van der Waals surface area contributed by atoms with Gasteiger partial charge in [0.2, 0.25) is 0 Å². The van der Waals surface area contributed by atoms with Crippen LogP contribution in [0, 0.1) is 10.7 Å². The van der Waals surface area contributed by atoms with Crippen LogP contribution in [0.5, 0.6) is 11.5 Å². The minimum absolute atomic E-state index is 0.0199. The van der Waals surface area contributed by atoms with Crippen molar-refractivity contribution in [3.8, 4) is 11.5 Å². The minimum Gasteiger partial charge on any atom is -0.504 e. The summed E-state index contributed by atoms with van der Waals surface area (Å²) in [6.07, 6.45) is 2.93. The van der Waals surface area contributed by atoms with E-state index >= 15 is 0 Å². The molecule has 0 fully saturated rings. The van der Waals surface area contributed by atoms with Gasteiger partial charge < -0.3 is 10.2 Å². The Morgan fingerprint density at radius 1 is 0.933 bits per heavy atom. The lowest BCUT2D eigenvalue weighted by Gasteiger charge is -2.12. The van der Waals surface area contributed by atoms with Gasteiger partial charge in [0.1, 0.15) is 0 Å². The fourth-order valence-electron chi connectivity index (χ4n) is 1.27. The summed E-state index contributed by atoms with van der Waals surface area (Å²) in [6.45, 7) is 2.11. The van der Waals surface area contributed by atoms with E-state index in [2.05, 4.69) is 74.7 Å². The second-order valence-corrected chi connectivity index (χ2v) is 6.46. The summed E-state index contributed by atoms with van der Waals surface area (Å²) < 4.78 is 2.81. The van der Waals surface area contributed by atoms with Crippen molar-refractivity contribution >= 4 is 67.8 Å². The number of rotatable bonds is 3. The summed E-state index contributed by atoms with van der Waals surface area (Å²) in [7, 11) is 0. The molecule has 0 saturated heterocycles. The topological polar surface area (TPSA) is 40.5 Å². The van der Waals surface area contributed by atoms with E-state index in [0.29, 0.717) is 0 Å². The highest BCUT2D eigenvalue weighted by atomic mass is 127. The van der Waals surface area contributed by atoms with Crippen molar-refractivity contribution in [3.63, 3.8) is 0 Å². The first-order chi connectivity index (χ1) is 7.00. The van der Waals surface area contributed by atoms with Crippen LogP contribution >= 0.6 is 67.8 Å². The first-order valence-electron chi connectivity index (χ1n) is 4.57. The molecule has 0 aliphatic rings. The summed E-state index contributed by atoms with van der Waals surface area (Å²) in [6, 6.07) is 0. The summed E-state index contributed by atoms with van der Waals surface area (Å²) >= 11 is 6.48. The van der Waals surface area contributed by atoms with E-state index in [9.17, 15) is 10.2 Å². The third-order valence-corrected chi connectivity index (χ3v) is 7.53. The summed E-state index contributed by atoms with van der Waals surface area (Å²) in [5.74, 6) is 0.0733. The molecule has 5 heteroatoms. The van der Waals surface area contributed by atoms with E-state index in [1.54, 1.807) is 0 Å². The molecule has 0 amide bonds. The van der Waals surface area contributed by atoms with Crippen molar-refractivity contribution in [3.05, 3.63) is 16.3 Å². The molecule has 0 bridgehead atoms. The van der Waals surface area contributed by atoms with E-state index in [-0.39, 0.29) is 11.5 Å². The quantitative estimate of drug-likeness (QED) is 0.340. The zero-order chi connectivity index (χ0) is 11.6. The highest BCUT2D eigenvalue weighted by molar-refractivity contribution is 14.1. The Morgan fingerprint density at radius 2 is 1.53 bits per heavy atom. The van der Waals surface area contributed by atoms with Gasteiger partial charge in [-0.3, -0.25) is 0 Å². The Kier molecular flexibility index (Phi) is 5.71.